The van der Waals surface area contributed by atoms with Crippen LogP contribution in [0.15, 0.2) is 84.9 Å². The molecule has 0 spiro atoms. The lowest BCUT2D eigenvalue weighted by Crippen LogP contribution is -2.06. The van der Waals surface area contributed by atoms with Crippen molar-refractivity contribution in [3.8, 4) is 28.1 Å². The molecule has 1 aromatic heterocycles. The minimum absolute atomic E-state index is 0.281. The third-order valence-electron chi connectivity index (χ3n) is 4.95. The zero-order valence-corrected chi connectivity index (χ0v) is 16.2. The van der Waals surface area contributed by atoms with Gasteiger partial charge < -0.3 is 5.11 Å². The van der Waals surface area contributed by atoms with Crippen LogP contribution in [0.25, 0.3) is 28.1 Å². The Morgan fingerprint density at radius 1 is 0.828 bits per heavy atom. The average Bonchev–Trinajstić information content (AvgIpc) is 3.15. The van der Waals surface area contributed by atoms with Crippen molar-refractivity contribution in [2.45, 2.75) is 19.8 Å². The number of carboxylic acids is 1. The first kappa shape index (κ1) is 18.7. The second-order valence-corrected chi connectivity index (χ2v) is 6.92. The number of hydrogen-bond donors (Lipinski definition) is 1. The van der Waals surface area contributed by atoms with Gasteiger partial charge in [-0.15, -0.1) is 0 Å². The Kier molecular flexibility index (Phi) is 5.25. The molecule has 0 saturated heterocycles. The van der Waals surface area contributed by atoms with Gasteiger partial charge in [0.25, 0.3) is 0 Å². The highest BCUT2D eigenvalue weighted by Gasteiger charge is 2.24. The minimum Gasteiger partial charge on any atom is -0.478 e. The van der Waals surface area contributed by atoms with E-state index in [-0.39, 0.29) is 5.56 Å². The summed E-state index contributed by atoms with van der Waals surface area (Å²) in [5, 5.41) is 14.7. The molecule has 4 aromatic rings. The molecule has 144 valence electrons. The Morgan fingerprint density at radius 2 is 1.38 bits per heavy atom. The summed E-state index contributed by atoms with van der Waals surface area (Å²) in [5.41, 5.74) is 5.39. The molecule has 0 bridgehead atoms. The second kappa shape index (κ2) is 8.15. The molecule has 1 N–H and O–H groups in total. The van der Waals surface area contributed by atoms with E-state index in [9.17, 15) is 9.90 Å². The fraction of sp³-hybridized carbons (Fsp3) is 0.120. The number of benzene rings is 3. The molecule has 4 rings (SSSR count). The first-order valence-corrected chi connectivity index (χ1v) is 9.75. The molecule has 4 nitrogen and oxygen atoms in total. The van der Waals surface area contributed by atoms with Gasteiger partial charge in [0, 0.05) is 5.56 Å². The Balaban J connectivity index is 1.84. The van der Waals surface area contributed by atoms with Crippen molar-refractivity contribution in [1.29, 1.82) is 0 Å². The number of rotatable bonds is 6. The number of aromatic nitrogens is 2. The van der Waals surface area contributed by atoms with Crippen LogP contribution in [-0.4, -0.2) is 20.9 Å². The topological polar surface area (TPSA) is 55.1 Å². The monoisotopic (exact) mass is 382 g/mol. The highest BCUT2D eigenvalue weighted by molar-refractivity contribution is 5.96. The van der Waals surface area contributed by atoms with Crippen LogP contribution in [0.3, 0.4) is 0 Å². The number of nitrogens with zero attached hydrogens (tertiary/aromatic N) is 2. The summed E-state index contributed by atoms with van der Waals surface area (Å²) in [6.07, 6.45) is 1.48. The first-order valence-electron chi connectivity index (χ1n) is 9.75. The second-order valence-electron chi connectivity index (χ2n) is 6.92. The molecule has 0 fully saturated rings. The highest BCUT2D eigenvalue weighted by Crippen LogP contribution is 2.30. The number of carboxylic acid groups (broad SMARTS) is 1. The molecule has 3 aromatic carbocycles. The Labute approximate surface area is 170 Å². The maximum atomic E-state index is 12.2. The van der Waals surface area contributed by atoms with Gasteiger partial charge in [0.05, 0.1) is 11.4 Å². The van der Waals surface area contributed by atoms with Gasteiger partial charge in [0.2, 0.25) is 0 Å². The van der Waals surface area contributed by atoms with Gasteiger partial charge in [-0.1, -0.05) is 86.1 Å². The maximum Gasteiger partial charge on any atom is 0.339 e. The standard InChI is InChI=1S/C25H22N2O2/c1-2-9-22-23(25(28)29)24(26-27(22)21-12-7-4-8-13-21)20-16-14-19(15-17-20)18-10-5-3-6-11-18/h3-8,10-17H,2,9H2,1H3,(H,28,29). The van der Waals surface area contributed by atoms with Gasteiger partial charge in [-0.2, -0.15) is 5.10 Å². The number of aromatic carboxylic acids is 1. The lowest BCUT2D eigenvalue weighted by Gasteiger charge is -2.07. The van der Waals surface area contributed by atoms with Crippen LogP contribution in [-0.2, 0) is 6.42 Å². The summed E-state index contributed by atoms with van der Waals surface area (Å²) >= 11 is 0. The third kappa shape index (κ3) is 3.69. The molecule has 0 amide bonds. The van der Waals surface area contributed by atoms with Crippen molar-refractivity contribution in [2.24, 2.45) is 0 Å². The van der Waals surface area contributed by atoms with E-state index in [4.69, 9.17) is 5.10 Å². The molecule has 0 aliphatic carbocycles. The molecule has 29 heavy (non-hydrogen) atoms. The summed E-state index contributed by atoms with van der Waals surface area (Å²) in [5.74, 6) is -0.947. The van der Waals surface area contributed by atoms with Crippen LogP contribution in [0.5, 0.6) is 0 Å². The van der Waals surface area contributed by atoms with E-state index in [0.717, 1.165) is 34.5 Å². The van der Waals surface area contributed by atoms with Crippen LogP contribution in [0.1, 0.15) is 29.4 Å². The summed E-state index contributed by atoms with van der Waals surface area (Å²) in [6, 6.07) is 27.7. The zero-order chi connectivity index (χ0) is 20.2. The number of carbonyl (C=O) groups is 1. The van der Waals surface area contributed by atoms with Gasteiger partial charge in [0.15, 0.2) is 0 Å². The molecule has 0 aliphatic rings. The SMILES string of the molecule is CCCc1c(C(=O)O)c(-c2ccc(-c3ccccc3)cc2)nn1-c1ccccc1. The van der Waals surface area contributed by atoms with Crippen molar-refractivity contribution in [1.82, 2.24) is 9.78 Å². The lowest BCUT2D eigenvalue weighted by molar-refractivity contribution is 0.0696. The van der Waals surface area contributed by atoms with E-state index in [2.05, 4.69) is 12.1 Å². The normalized spacial score (nSPS) is 10.8. The number of hydrogen-bond acceptors (Lipinski definition) is 2. The number of para-hydroxylation sites is 1. The van der Waals surface area contributed by atoms with Crippen LogP contribution in [0, 0.1) is 0 Å². The summed E-state index contributed by atoms with van der Waals surface area (Å²) in [4.78, 5) is 12.2. The van der Waals surface area contributed by atoms with E-state index >= 15 is 0 Å². The van der Waals surface area contributed by atoms with Crippen LogP contribution >= 0.6 is 0 Å². The third-order valence-corrected chi connectivity index (χ3v) is 4.95. The van der Waals surface area contributed by atoms with E-state index in [1.807, 2.05) is 79.7 Å². The largest absolute Gasteiger partial charge is 0.478 e. The van der Waals surface area contributed by atoms with E-state index < -0.39 is 5.97 Å². The molecule has 0 aliphatic heterocycles. The van der Waals surface area contributed by atoms with Gasteiger partial charge in [-0.3, -0.25) is 0 Å². The van der Waals surface area contributed by atoms with E-state index in [0.29, 0.717) is 12.1 Å². The smallest absolute Gasteiger partial charge is 0.339 e. The molecule has 0 atom stereocenters. The van der Waals surface area contributed by atoms with Crippen LogP contribution < -0.4 is 0 Å². The quantitative estimate of drug-likeness (QED) is 0.455. The molecule has 0 unspecified atom stereocenters. The average molecular weight is 382 g/mol. The maximum absolute atomic E-state index is 12.2. The van der Waals surface area contributed by atoms with E-state index in [1.54, 1.807) is 4.68 Å². The van der Waals surface area contributed by atoms with Gasteiger partial charge >= 0.3 is 5.97 Å². The van der Waals surface area contributed by atoms with Crippen LogP contribution in [0.4, 0.5) is 0 Å². The zero-order valence-electron chi connectivity index (χ0n) is 16.2. The van der Waals surface area contributed by atoms with Crippen molar-refractivity contribution in [2.75, 3.05) is 0 Å². The van der Waals surface area contributed by atoms with Gasteiger partial charge in [-0.05, 0) is 29.7 Å². The van der Waals surface area contributed by atoms with Crippen molar-refractivity contribution in [3.63, 3.8) is 0 Å². The molecule has 1 heterocycles. The summed E-state index contributed by atoms with van der Waals surface area (Å²) < 4.78 is 1.77. The molecular formula is C25H22N2O2. The summed E-state index contributed by atoms with van der Waals surface area (Å²) in [6.45, 7) is 2.04. The lowest BCUT2D eigenvalue weighted by atomic mass is 10.00. The Hall–Kier alpha value is -3.66. The van der Waals surface area contributed by atoms with Gasteiger partial charge in [-0.25, -0.2) is 9.48 Å². The van der Waals surface area contributed by atoms with Crippen molar-refractivity contribution >= 4 is 5.97 Å². The molecular weight excluding hydrogens is 360 g/mol. The van der Waals surface area contributed by atoms with Crippen molar-refractivity contribution in [3.05, 3.63) is 96.2 Å². The summed E-state index contributed by atoms with van der Waals surface area (Å²) in [7, 11) is 0. The van der Waals surface area contributed by atoms with Gasteiger partial charge in [0.1, 0.15) is 11.3 Å². The minimum atomic E-state index is -0.947. The Bertz CT molecular complexity index is 1110. The van der Waals surface area contributed by atoms with E-state index in [1.165, 1.54) is 0 Å². The van der Waals surface area contributed by atoms with Crippen molar-refractivity contribution < 1.29 is 9.90 Å². The predicted molar refractivity (Wildman–Crippen MR) is 115 cm³/mol. The van der Waals surface area contributed by atoms with Crippen LogP contribution in [0.2, 0.25) is 0 Å². The molecule has 4 heteroatoms. The first-order chi connectivity index (χ1) is 14.2. The fourth-order valence-corrected chi connectivity index (χ4v) is 3.58. The molecule has 0 radical (unpaired) electrons. The Morgan fingerprint density at radius 3 is 1.97 bits per heavy atom. The fourth-order valence-electron chi connectivity index (χ4n) is 3.58. The predicted octanol–water partition coefficient (Wildman–Crippen LogP) is 5.86. The highest BCUT2D eigenvalue weighted by atomic mass is 16.4. The molecule has 0 saturated carbocycles.